The van der Waals surface area contributed by atoms with E-state index in [-0.39, 0.29) is 12.1 Å². The number of nitro groups is 1. The summed E-state index contributed by atoms with van der Waals surface area (Å²) < 4.78 is 0. The average Bonchev–Trinajstić information content (AvgIpc) is 2.70. The van der Waals surface area contributed by atoms with Crippen LogP contribution in [0.4, 0.5) is 5.69 Å². The minimum atomic E-state index is -0.974. The predicted molar refractivity (Wildman–Crippen MR) is 66.0 cm³/mol. The second-order valence-electron chi connectivity index (χ2n) is 4.63. The van der Waals surface area contributed by atoms with E-state index in [9.17, 15) is 14.9 Å². The largest absolute Gasteiger partial charge is 0.481 e. The van der Waals surface area contributed by atoms with Crippen LogP contribution in [-0.4, -0.2) is 27.3 Å². The fourth-order valence-electron chi connectivity index (χ4n) is 1.95. The summed E-state index contributed by atoms with van der Waals surface area (Å²) in [6.45, 7) is 1.65. The minimum absolute atomic E-state index is 0.0352. The van der Waals surface area contributed by atoms with Crippen molar-refractivity contribution in [2.75, 3.05) is 0 Å². The van der Waals surface area contributed by atoms with Crippen LogP contribution in [0.2, 0.25) is 0 Å². The van der Waals surface area contributed by atoms with Crippen molar-refractivity contribution in [1.29, 1.82) is 0 Å². The van der Waals surface area contributed by atoms with Crippen LogP contribution in [0, 0.1) is 10.1 Å². The molecule has 0 radical (unpaired) electrons. The van der Waals surface area contributed by atoms with Crippen LogP contribution in [0.5, 0.6) is 0 Å². The van der Waals surface area contributed by atoms with Gasteiger partial charge in [-0.25, -0.2) is 0 Å². The molecule has 1 atom stereocenters. The van der Waals surface area contributed by atoms with Gasteiger partial charge in [0.25, 0.3) is 5.69 Å². The fraction of sp³-hybridized carbons (Fsp3) is 0.333. The molecule has 0 spiro atoms. The van der Waals surface area contributed by atoms with E-state index in [1.54, 1.807) is 19.1 Å². The summed E-state index contributed by atoms with van der Waals surface area (Å²) >= 11 is 0. The Labute approximate surface area is 108 Å². The third-order valence-corrected chi connectivity index (χ3v) is 2.83. The highest BCUT2D eigenvalue weighted by molar-refractivity contribution is 6.02. The maximum Gasteiger partial charge on any atom is 0.307 e. The molecule has 100 valence electrons. The second-order valence-corrected chi connectivity index (χ2v) is 4.63. The molecule has 0 bridgehead atoms. The first-order valence-corrected chi connectivity index (χ1v) is 5.61. The number of carboxylic acids is 1. The number of carbonyl (C=O) groups is 1. The van der Waals surface area contributed by atoms with E-state index in [2.05, 4.69) is 5.16 Å². The molecule has 1 heterocycles. The van der Waals surface area contributed by atoms with Crippen LogP contribution in [-0.2, 0) is 9.63 Å². The van der Waals surface area contributed by atoms with Crippen molar-refractivity contribution in [3.63, 3.8) is 0 Å². The Morgan fingerprint density at radius 3 is 3.00 bits per heavy atom. The standard InChI is InChI=1S/C12H12N2O5/c1-12(7-11(15)16)6-10(13-19-12)8-3-2-4-9(5-8)14(17)18/h2-5H,6-7H2,1H3,(H,15,16). The van der Waals surface area contributed by atoms with Crippen LogP contribution in [0.25, 0.3) is 0 Å². The van der Waals surface area contributed by atoms with Crippen molar-refractivity contribution < 1.29 is 19.7 Å². The van der Waals surface area contributed by atoms with E-state index in [1.807, 2.05) is 0 Å². The van der Waals surface area contributed by atoms with Gasteiger partial charge >= 0.3 is 5.97 Å². The molecule has 1 aliphatic heterocycles. The fourth-order valence-corrected chi connectivity index (χ4v) is 1.95. The number of hydrogen-bond acceptors (Lipinski definition) is 5. The Balaban J connectivity index is 2.19. The molecular formula is C12H12N2O5. The Morgan fingerprint density at radius 2 is 2.37 bits per heavy atom. The van der Waals surface area contributed by atoms with Crippen molar-refractivity contribution in [3.05, 3.63) is 39.9 Å². The van der Waals surface area contributed by atoms with Crippen LogP contribution >= 0.6 is 0 Å². The molecule has 0 aromatic heterocycles. The lowest BCUT2D eigenvalue weighted by Gasteiger charge is -2.18. The SMILES string of the molecule is CC1(CC(=O)O)CC(c2cccc([N+](=O)[O-])c2)=NO1. The van der Waals surface area contributed by atoms with Crippen LogP contribution < -0.4 is 0 Å². The van der Waals surface area contributed by atoms with Crippen molar-refractivity contribution >= 4 is 17.4 Å². The van der Waals surface area contributed by atoms with Crippen molar-refractivity contribution in [3.8, 4) is 0 Å². The van der Waals surface area contributed by atoms with Gasteiger partial charge in [-0.3, -0.25) is 14.9 Å². The number of aliphatic carboxylic acids is 1. The molecule has 7 heteroatoms. The number of nitro benzene ring substituents is 1. The molecule has 19 heavy (non-hydrogen) atoms. The Kier molecular flexibility index (Phi) is 3.20. The van der Waals surface area contributed by atoms with Gasteiger partial charge in [0.1, 0.15) is 0 Å². The van der Waals surface area contributed by atoms with Crippen molar-refractivity contribution in [1.82, 2.24) is 0 Å². The third-order valence-electron chi connectivity index (χ3n) is 2.83. The minimum Gasteiger partial charge on any atom is -0.481 e. The lowest BCUT2D eigenvalue weighted by molar-refractivity contribution is -0.384. The smallest absolute Gasteiger partial charge is 0.307 e. The molecule has 1 N–H and O–H groups in total. The average molecular weight is 264 g/mol. The van der Waals surface area contributed by atoms with Crippen LogP contribution in [0.15, 0.2) is 29.4 Å². The highest BCUT2D eigenvalue weighted by Gasteiger charge is 2.37. The number of rotatable bonds is 4. The third kappa shape index (κ3) is 2.87. The number of carboxylic acid groups (broad SMARTS) is 1. The molecule has 0 saturated heterocycles. The first kappa shape index (κ1) is 13.0. The van der Waals surface area contributed by atoms with E-state index in [4.69, 9.17) is 9.94 Å². The van der Waals surface area contributed by atoms with Gasteiger partial charge in [-0.2, -0.15) is 0 Å². The maximum atomic E-state index is 10.7. The Bertz CT molecular complexity index is 569. The van der Waals surface area contributed by atoms with Gasteiger partial charge in [0.2, 0.25) is 0 Å². The van der Waals surface area contributed by atoms with Gasteiger partial charge < -0.3 is 9.94 Å². The summed E-state index contributed by atoms with van der Waals surface area (Å²) in [4.78, 5) is 26.1. The molecule has 0 amide bonds. The lowest BCUT2D eigenvalue weighted by atomic mass is 9.93. The zero-order valence-electron chi connectivity index (χ0n) is 10.2. The van der Waals surface area contributed by atoms with Gasteiger partial charge in [0.05, 0.1) is 17.1 Å². The molecule has 1 aromatic carbocycles. The first-order chi connectivity index (χ1) is 8.89. The maximum absolute atomic E-state index is 10.7. The van der Waals surface area contributed by atoms with Gasteiger partial charge in [-0.05, 0) is 6.92 Å². The first-order valence-electron chi connectivity index (χ1n) is 5.61. The molecule has 2 rings (SSSR count). The molecule has 0 fully saturated rings. The van der Waals surface area contributed by atoms with E-state index in [0.29, 0.717) is 17.7 Å². The zero-order chi connectivity index (χ0) is 14.0. The molecule has 0 saturated carbocycles. The second kappa shape index (κ2) is 4.68. The summed E-state index contributed by atoms with van der Waals surface area (Å²) in [6, 6.07) is 6.02. The molecule has 1 unspecified atom stereocenters. The summed E-state index contributed by atoms with van der Waals surface area (Å²) in [5.41, 5.74) is 0.161. The number of hydrogen-bond donors (Lipinski definition) is 1. The molecule has 0 aliphatic carbocycles. The normalized spacial score (nSPS) is 21.6. The predicted octanol–water partition coefficient (Wildman–Crippen LogP) is 1.95. The number of nitrogens with zero attached hydrogens (tertiary/aromatic N) is 2. The number of benzene rings is 1. The number of oxime groups is 1. The lowest BCUT2D eigenvalue weighted by Crippen LogP contribution is -2.28. The van der Waals surface area contributed by atoms with E-state index in [0.717, 1.165) is 0 Å². The highest BCUT2D eigenvalue weighted by Crippen LogP contribution is 2.30. The van der Waals surface area contributed by atoms with E-state index < -0.39 is 16.5 Å². The van der Waals surface area contributed by atoms with Gasteiger partial charge in [0, 0.05) is 24.1 Å². The summed E-state index contributed by atoms with van der Waals surface area (Å²) in [6.07, 6.45) is 0.134. The molecule has 7 nitrogen and oxygen atoms in total. The van der Waals surface area contributed by atoms with Gasteiger partial charge in [0.15, 0.2) is 5.60 Å². The molecule has 1 aliphatic rings. The molecular weight excluding hydrogens is 252 g/mol. The zero-order valence-corrected chi connectivity index (χ0v) is 10.2. The van der Waals surface area contributed by atoms with E-state index >= 15 is 0 Å². The molecule has 1 aromatic rings. The van der Waals surface area contributed by atoms with Crippen molar-refractivity contribution in [2.24, 2.45) is 5.16 Å². The summed E-state index contributed by atoms with van der Waals surface area (Å²) in [5, 5.41) is 23.3. The van der Waals surface area contributed by atoms with Gasteiger partial charge in [-0.1, -0.05) is 17.3 Å². The Morgan fingerprint density at radius 1 is 1.63 bits per heavy atom. The van der Waals surface area contributed by atoms with Crippen molar-refractivity contribution in [2.45, 2.75) is 25.4 Å². The summed E-state index contributed by atoms with van der Waals surface area (Å²) in [5.74, 6) is -0.974. The Hall–Kier alpha value is -2.44. The van der Waals surface area contributed by atoms with Crippen LogP contribution in [0.1, 0.15) is 25.3 Å². The summed E-state index contributed by atoms with van der Waals surface area (Å²) in [7, 11) is 0. The van der Waals surface area contributed by atoms with Gasteiger partial charge in [-0.15, -0.1) is 0 Å². The number of non-ortho nitro benzene ring substituents is 1. The van der Waals surface area contributed by atoms with E-state index in [1.165, 1.54) is 12.1 Å². The monoisotopic (exact) mass is 264 g/mol. The topological polar surface area (TPSA) is 102 Å². The highest BCUT2D eigenvalue weighted by atomic mass is 16.7. The van der Waals surface area contributed by atoms with Crippen LogP contribution in [0.3, 0.4) is 0 Å². The quantitative estimate of drug-likeness (QED) is 0.661.